The highest BCUT2D eigenvalue weighted by Gasteiger charge is 2.47. The topological polar surface area (TPSA) is 141 Å². The Balaban J connectivity index is 1.40. The summed E-state index contributed by atoms with van der Waals surface area (Å²) >= 11 is 6.44. The summed E-state index contributed by atoms with van der Waals surface area (Å²) in [6, 6.07) is 3.54. The maximum Gasteiger partial charge on any atom is 0.404 e. The average Bonchev–Trinajstić information content (AvgIpc) is 3.45. The summed E-state index contributed by atoms with van der Waals surface area (Å²) in [6.45, 7) is 0.901. The Morgan fingerprint density at radius 3 is 2.82 bits per heavy atom. The van der Waals surface area contributed by atoms with Crippen molar-refractivity contribution in [3.05, 3.63) is 41.1 Å². The van der Waals surface area contributed by atoms with E-state index in [9.17, 15) is 9.59 Å². The molecule has 3 aliphatic rings. The van der Waals surface area contributed by atoms with E-state index in [1.807, 2.05) is 12.1 Å². The number of carbonyl (C=O) groups excluding carboxylic acids is 2. The van der Waals surface area contributed by atoms with E-state index in [1.165, 1.54) is 6.20 Å². The molecule has 1 aromatic carbocycles. The SMILES string of the molecule is COCCN1C(=O)CCCc2c1ccc(Nc1ncc(Cl)c(NC3C4C=CC(C4)C3OC(N)=O)n1)c2OC. The molecular formula is C26H31ClN6O5. The van der Waals surface area contributed by atoms with Crippen molar-refractivity contribution in [3.8, 4) is 5.75 Å². The highest BCUT2D eigenvalue weighted by atomic mass is 35.5. The van der Waals surface area contributed by atoms with Crippen LogP contribution in [0, 0.1) is 11.8 Å². The summed E-state index contributed by atoms with van der Waals surface area (Å²) in [4.78, 5) is 34.9. The van der Waals surface area contributed by atoms with Gasteiger partial charge in [-0.05, 0) is 31.4 Å². The van der Waals surface area contributed by atoms with Gasteiger partial charge in [-0.15, -0.1) is 0 Å². The zero-order valence-electron chi connectivity index (χ0n) is 21.3. The number of nitrogens with zero attached hydrogens (tertiary/aromatic N) is 3. The first-order chi connectivity index (χ1) is 18.4. The number of anilines is 4. The monoisotopic (exact) mass is 542 g/mol. The number of benzene rings is 1. The van der Waals surface area contributed by atoms with Gasteiger partial charge in [0.05, 0.1) is 37.3 Å². The van der Waals surface area contributed by atoms with E-state index in [0.29, 0.717) is 60.6 Å². The number of carbonyl (C=O) groups is 2. The van der Waals surface area contributed by atoms with E-state index in [2.05, 4.69) is 32.8 Å². The number of rotatable bonds is 9. The second-order valence-corrected chi connectivity index (χ2v) is 9.98. The molecule has 2 bridgehead atoms. The Labute approximate surface area is 225 Å². The van der Waals surface area contributed by atoms with E-state index in [0.717, 1.165) is 17.7 Å². The highest BCUT2D eigenvalue weighted by molar-refractivity contribution is 6.32. The predicted octanol–water partition coefficient (Wildman–Crippen LogP) is 3.65. The molecule has 11 nitrogen and oxygen atoms in total. The highest BCUT2D eigenvalue weighted by Crippen LogP contribution is 2.43. The number of ether oxygens (including phenoxy) is 3. The number of nitrogens with one attached hydrogen (secondary N) is 2. The van der Waals surface area contributed by atoms with E-state index < -0.39 is 12.2 Å². The van der Waals surface area contributed by atoms with Crippen molar-refractivity contribution in [1.82, 2.24) is 9.97 Å². The van der Waals surface area contributed by atoms with Crippen molar-refractivity contribution >= 4 is 46.7 Å². The maximum atomic E-state index is 12.7. The van der Waals surface area contributed by atoms with Gasteiger partial charge in [0.25, 0.3) is 0 Å². The van der Waals surface area contributed by atoms with Crippen LogP contribution in [-0.2, 0) is 20.7 Å². The minimum Gasteiger partial charge on any atom is -0.494 e. The standard InChI is InChI=1S/C26H31ClN6O5/c1-36-11-10-33-19-9-8-18(23(37-2)16(19)4-3-5-20(33)34)30-26-29-13-17(27)24(32-26)31-21-14-6-7-15(12-14)22(21)38-25(28)35/h6-9,13-15,21-22H,3-5,10-12H2,1-2H3,(H2,28,35)(H2,29,30,31,32). The Morgan fingerprint density at radius 1 is 1.24 bits per heavy atom. The smallest absolute Gasteiger partial charge is 0.404 e. The van der Waals surface area contributed by atoms with Crippen molar-refractivity contribution < 1.29 is 23.8 Å². The third kappa shape index (κ3) is 5.08. The van der Waals surface area contributed by atoms with Crippen molar-refractivity contribution in [2.75, 3.05) is 42.9 Å². The van der Waals surface area contributed by atoms with E-state index in [-0.39, 0.29) is 23.8 Å². The van der Waals surface area contributed by atoms with Gasteiger partial charge < -0.3 is 35.5 Å². The lowest BCUT2D eigenvalue weighted by Crippen LogP contribution is -2.41. The van der Waals surface area contributed by atoms with Crippen LogP contribution in [0.2, 0.25) is 5.02 Å². The Bertz CT molecular complexity index is 1260. The molecule has 202 valence electrons. The molecule has 12 heteroatoms. The fourth-order valence-electron chi connectivity index (χ4n) is 5.62. The number of nitrogens with two attached hydrogens (primary N) is 1. The van der Waals surface area contributed by atoms with Crippen LogP contribution in [0.5, 0.6) is 5.75 Å². The first-order valence-corrected chi connectivity index (χ1v) is 13.0. The molecule has 0 spiro atoms. The normalized spacial score (nSPS) is 23.7. The summed E-state index contributed by atoms with van der Waals surface area (Å²) < 4.78 is 16.4. The molecule has 1 aromatic heterocycles. The number of fused-ring (bicyclic) bond motifs is 3. The number of halogens is 1. The van der Waals surface area contributed by atoms with Crippen molar-refractivity contribution in [3.63, 3.8) is 0 Å². The lowest BCUT2D eigenvalue weighted by Gasteiger charge is -2.28. The summed E-state index contributed by atoms with van der Waals surface area (Å²) in [6.07, 6.45) is 7.18. The molecule has 38 heavy (non-hydrogen) atoms. The Morgan fingerprint density at radius 2 is 2.05 bits per heavy atom. The second-order valence-electron chi connectivity index (χ2n) is 9.57. The fraction of sp³-hybridized carbons (Fsp3) is 0.462. The van der Waals surface area contributed by atoms with Gasteiger partial charge in [0.1, 0.15) is 16.9 Å². The Kier molecular flexibility index (Phi) is 7.57. The van der Waals surface area contributed by atoms with Gasteiger partial charge in [0.15, 0.2) is 5.82 Å². The largest absolute Gasteiger partial charge is 0.494 e. The van der Waals surface area contributed by atoms with Crippen LogP contribution in [-0.4, -0.2) is 61.5 Å². The van der Waals surface area contributed by atoms with Crippen LogP contribution < -0.4 is 26.0 Å². The van der Waals surface area contributed by atoms with Gasteiger partial charge in [-0.25, -0.2) is 9.78 Å². The number of hydrogen-bond donors (Lipinski definition) is 3. The zero-order chi connectivity index (χ0) is 26.8. The summed E-state index contributed by atoms with van der Waals surface area (Å²) in [5.41, 5.74) is 7.73. The van der Waals surface area contributed by atoms with Gasteiger partial charge in [0, 0.05) is 37.5 Å². The van der Waals surface area contributed by atoms with E-state index in [1.54, 1.807) is 19.1 Å². The quantitative estimate of drug-likeness (QED) is 0.405. The van der Waals surface area contributed by atoms with Crippen LogP contribution in [0.1, 0.15) is 24.8 Å². The third-order valence-corrected chi connectivity index (χ3v) is 7.58. The van der Waals surface area contributed by atoms with Crippen molar-refractivity contribution in [2.24, 2.45) is 17.6 Å². The van der Waals surface area contributed by atoms with Gasteiger partial charge in [-0.2, -0.15) is 4.98 Å². The molecule has 4 N–H and O–H groups in total. The maximum absolute atomic E-state index is 12.7. The molecule has 2 heterocycles. The van der Waals surface area contributed by atoms with Crippen LogP contribution in [0.15, 0.2) is 30.5 Å². The summed E-state index contributed by atoms with van der Waals surface area (Å²) in [5, 5.41) is 6.92. The number of methoxy groups -OCH3 is 2. The fourth-order valence-corrected chi connectivity index (χ4v) is 5.77. The molecule has 2 aliphatic carbocycles. The Hall–Kier alpha value is -3.57. The predicted molar refractivity (Wildman–Crippen MR) is 143 cm³/mol. The molecule has 0 radical (unpaired) electrons. The summed E-state index contributed by atoms with van der Waals surface area (Å²) in [7, 11) is 3.22. The molecule has 4 unspecified atom stereocenters. The first kappa shape index (κ1) is 26.1. The minimum atomic E-state index is -0.809. The average molecular weight is 543 g/mol. The molecule has 1 aliphatic heterocycles. The lowest BCUT2D eigenvalue weighted by molar-refractivity contribution is -0.118. The molecule has 2 aromatic rings. The summed E-state index contributed by atoms with van der Waals surface area (Å²) in [5.74, 6) is 1.68. The third-order valence-electron chi connectivity index (χ3n) is 7.30. The van der Waals surface area contributed by atoms with Gasteiger partial charge >= 0.3 is 6.09 Å². The number of hydrogen-bond acceptors (Lipinski definition) is 9. The van der Waals surface area contributed by atoms with Crippen LogP contribution in [0.4, 0.5) is 27.9 Å². The van der Waals surface area contributed by atoms with Crippen LogP contribution in [0.3, 0.4) is 0 Å². The van der Waals surface area contributed by atoms with Gasteiger partial charge in [-0.3, -0.25) is 4.79 Å². The van der Waals surface area contributed by atoms with Crippen LogP contribution in [0.25, 0.3) is 0 Å². The molecule has 1 fully saturated rings. The van der Waals surface area contributed by atoms with Crippen molar-refractivity contribution in [1.29, 1.82) is 0 Å². The molecule has 4 atom stereocenters. The molecule has 1 saturated carbocycles. The van der Waals surface area contributed by atoms with Gasteiger partial charge in [-0.1, -0.05) is 23.8 Å². The molecule has 2 amide bonds. The number of aromatic nitrogens is 2. The van der Waals surface area contributed by atoms with Crippen LogP contribution >= 0.6 is 11.6 Å². The number of primary amides is 1. The molecule has 0 saturated heterocycles. The lowest BCUT2D eigenvalue weighted by atomic mass is 9.98. The van der Waals surface area contributed by atoms with Crippen molar-refractivity contribution in [2.45, 2.75) is 37.8 Å². The van der Waals surface area contributed by atoms with Gasteiger partial charge in [0.2, 0.25) is 11.9 Å². The first-order valence-electron chi connectivity index (χ1n) is 12.6. The molecule has 5 rings (SSSR count). The molecular weight excluding hydrogens is 512 g/mol. The van der Waals surface area contributed by atoms with E-state index in [4.69, 9.17) is 31.5 Å². The van der Waals surface area contributed by atoms with E-state index >= 15 is 0 Å². The minimum absolute atomic E-state index is 0.0643. The zero-order valence-corrected chi connectivity index (χ0v) is 22.0. The second kappa shape index (κ2) is 11.0. The number of amides is 2.